The summed E-state index contributed by atoms with van der Waals surface area (Å²) in [5.41, 5.74) is 4.57. The van der Waals surface area contributed by atoms with Gasteiger partial charge >= 0.3 is 6.29 Å². The van der Waals surface area contributed by atoms with Gasteiger partial charge in [0.1, 0.15) is 5.69 Å². The molecule has 0 fully saturated rings. The van der Waals surface area contributed by atoms with Crippen LogP contribution in [0.5, 0.6) is 11.5 Å². The highest BCUT2D eigenvalue weighted by molar-refractivity contribution is 7.90. The summed E-state index contributed by atoms with van der Waals surface area (Å²) in [7, 11) is -1.60. The molecule has 6 rings (SSSR count). The quantitative estimate of drug-likeness (QED) is 0.261. The van der Waals surface area contributed by atoms with Gasteiger partial charge in [-0.15, -0.1) is 8.78 Å². The number of halogens is 2. The maximum Gasteiger partial charge on any atom is 0.586 e. The van der Waals surface area contributed by atoms with Gasteiger partial charge in [0.05, 0.1) is 10.6 Å². The fraction of sp³-hybridized carbons (Fsp3) is 0.143. The van der Waals surface area contributed by atoms with Crippen LogP contribution in [0.4, 0.5) is 8.78 Å². The highest BCUT2D eigenvalue weighted by Gasteiger charge is 2.43. The number of aromatic nitrogens is 3. The molecule has 1 aliphatic rings. The summed E-state index contributed by atoms with van der Waals surface area (Å²) in [4.78, 5) is 4.76. The molecule has 5 aromatic rings. The van der Waals surface area contributed by atoms with Crippen LogP contribution in [0.3, 0.4) is 0 Å². The first kappa shape index (κ1) is 24.8. The predicted octanol–water partition coefficient (Wildman–Crippen LogP) is 6.11. The van der Waals surface area contributed by atoms with Crippen LogP contribution < -0.4 is 9.47 Å². The van der Waals surface area contributed by atoms with E-state index in [1.54, 1.807) is 42.1 Å². The number of rotatable bonds is 5. The highest BCUT2D eigenvalue weighted by Crippen LogP contribution is 2.45. The molecule has 39 heavy (non-hydrogen) atoms. The molecule has 0 unspecified atom stereocenters. The first-order valence-corrected chi connectivity index (χ1v) is 13.7. The van der Waals surface area contributed by atoms with Crippen molar-refractivity contribution in [3.8, 4) is 56.5 Å². The zero-order valence-electron chi connectivity index (χ0n) is 21.0. The fourth-order valence-corrected chi connectivity index (χ4v) is 5.25. The lowest BCUT2D eigenvalue weighted by Crippen LogP contribution is -2.25. The second kappa shape index (κ2) is 8.77. The molecule has 0 radical (unpaired) electrons. The lowest BCUT2D eigenvalue weighted by atomic mass is 9.94. The van der Waals surface area contributed by atoms with E-state index in [0.717, 1.165) is 23.1 Å². The van der Waals surface area contributed by atoms with Gasteiger partial charge < -0.3 is 13.9 Å². The second-order valence-corrected chi connectivity index (χ2v) is 11.2. The molecule has 0 spiro atoms. The van der Waals surface area contributed by atoms with Crippen molar-refractivity contribution in [2.45, 2.75) is 18.1 Å². The van der Waals surface area contributed by atoms with E-state index in [2.05, 4.69) is 19.6 Å². The Bertz CT molecular complexity index is 1860. The molecule has 0 aliphatic carbocycles. The Balaban J connectivity index is 1.55. The van der Waals surface area contributed by atoms with Crippen molar-refractivity contribution in [1.82, 2.24) is 14.8 Å². The number of hydrogen-bond acceptors (Lipinski definition) is 7. The lowest BCUT2D eigenvalue weighted by molar-refractivity contribution is -0.286. The average Bonchev–Trinajstić information content (AvgIpc) is 3.57. The van der Waals surface area contributed by atoms with E-state index in [4.69, 9.17) is 4.42 Å². The van der Waals surface area contributed by atoms with Gasteiger partial charge in [-0.2, -0.15) is 5.10 Å². The monoisotopic (exact) mass is 549 g/mol. The van der Waals surface area contributed by atoms with Gasteiger partial charge in [-0.25, -0.2) is 13.4 Å². The fourth-order valence-electron chi connectivity index (χ4n) is 4.58. The molecule has 3 aromatic carbocycles. The standard InChI is InChI=1S/C28H21F2N3O5S/c1-16-32-26(19-8-10-24-25(15-19)38-28(29,30)37-24)27(36-16)22-14-18(7-9-21(22)23-11-12-31-33(23)2)17-5-4-6-20(13-17)39(3,34)35/h4-15H,1-3H3. The van der Waals surface area contributed by atoms with E-state index in [-0.39, 0.29) is 16.4 Å². The molecule has 198 valence electrons. The summed E-state index contributed by atoms with van der Waals surface area (Å²) in [6.45, 7) is 1.69. The average molecular weight is 550 g/mol. The first-order chi connectivity index (χ1) is 18.5. The number of fused-ring (bicyclic) bond motifs is 1. The van der Waals surface area contributed by atoms with Gasteiger partial charge in [-0.3, -0.25) is 4.68 Å². The van der Waals surface area contributed by atoms with Gasteiger partial charge in [-0.05, 0) is 53.6 Å². The largest absolute Gasteiger partial charge is 0.586 e. The second-order valence-electron chi connectivity index (χ2n) is 9.14. The molecule has 0 N–H and O–H groups in total. The molecule has 0 saturated heterocycles. The number of sulfone groups is 1. The molecule has 0 amide bonds. The third-order valence-electron chi connectivity index (χ3n) is 6.37. The van der Waals surface area contributed by atoms with Crippen LogP contribution in [0, 0.1) is 6.92 Å². The molecule has 3 heterocycles. The van der Waals surface area contributed by atoms with Crippen molar-refractivity contribution in [3.05, 3.63) is 78.8 Å². The SMILES string of the molecule is Cc1nc(-c2ccc3c(c2)OC(F)(F)O3)c(-c2cc(-c3cccc(S(C)(=O)=O)c3)ccc2-c2ccnn2C)o1. The van der Waals surface area contributed by atoms with Gasteiger partial charge in [-0.1, -0.05) is 24.3 Å². The summed E-state index contributed by atoms with van der Waals surface area (Å²) < 4.78 is 68.7. The lowest BCUT2D eigenvalue weighted by Gasteiger charge is -2.13. The summed E-state index contributed by atoms with van der Waals surface area (Å²) >= 11 is 0. The van der Waals surface area contributed by atoms with E-state index in [1.165, 1.54) is 12.1 Å². The van der Waals surface area contributed by atoms with Crippen LogP contribution in [-0.4, -0.2) is 35.7 Å². The summed E-state index contributed by atoms with van der Waals surface area (Å²) in [6, 6.07) is 18.6. The van der Waals surface area contributed by atoms with Gasteiger partial charge in [0, 0.05) is 43.1 Å². The summed E-state index contributed by atoms with van der Waals surface area (Å²) in [6.07, 6.45) is -0.911. The molecule has 8 nitrogen and oxygen atoms in total. The van der Waals surface area contributed by atoms with Crippen LogP contribution in [-0.2, 0) is 16.9 Å². The van der Waals surface area contributed by atoms with Crippen molar-refractivity contribution >= 4 is 9.84 Å². The number of hydrogen-bond donors (Lipinski definition) is 0. The van der Waals surface area contributed by atoms with Gasteiger partial charge in [0.25, 0.3) is 0 Å². The third-order valence-corrected chi connectivity index (χ3v) is 7.48. The van der Waals surface area contributed by atoms with E-state index in [1.807, 2.05) is 37.4 Å². The topological polar surface area (TPSA) is 96.5 Å². The van der Waals surface area contributed by atoms with Crippen molar-refractivity contribution in [1.29, 1.82) is 0 Å². The Labute approximate surface area is 222 Å². The predicted molar refractivity (Wildman–Crippen MR) is 139 cm³/mol. The highest BCUT2D eigenvalue weighted by atomic mass is 32.2. The van der Waals surface area contributed by atoms with Gasteiger partial charge in [0.15, 0.2) is 33.0 Å². The van der Waals surface area contributed by atoms with Crippen LogP contribution in [0.1, 0.15) is 5.89 Å². The van der Waals surface area contributed by atoms with Crippen molar-refractivity contribution in [3.63, 3.8) is 0 Å². The van der Waals surface area contributed by atoms with Crippen molar-refractivity contribution in [2.75, 3.05) is 6.26 Å². The smallest absolute Gasteiger partial charge is 0.440 e. The number of benzene rings is 3. The molecule has 0 bridgehead atoms. The molecule has 1 aliphatic heterocycles. The van der Waals surface area contributed by atoms with E-state index < -0.39 is 16.1 Å². The number of oxazole rings is 1. The molecular weight excluding hydrogens is 528 g/mol. The Morgan fingerprint density at radius 2 is 1.62 bits per heavy atom. The molecule has 2 aromatic heterocycles. The zero-order valence-corrected chi connectivity index (χ0v) is 21.8. The van der Waals surface area contributed by atoms with Crippen LogP contribution in [0.15, 0.2) is 82.2 Å². The van der Waals surface area contributed by atoms with Crippen LogP contribution in [0.25, 0.3) is 45.0 Å². The number of nitrogens with zero attached hydrogens (tertiary/aromatic N) is 3. The molecular formula is C28H21F2N3O5S. The summed E-state index contributed by atoms with van der Waals surface area (Å²) in [5, 5.41) is 4.29. The summed E-state index contributed by atoms with van der Waals surface area (Å²) in [5.74, 6) is 0.579. The molecule has 0 saturated carbocycles. The maximum atomic E-state index is 13.7. The Morgan fingerprint density at radius 3 is 2.36 bits per heavy atom. The van der Waals surface area contributed by atoms with E-state index >= 15 is 0 Å². The molecule has 0 atom stereocenters. The minimum atomic E-state index is -3.74. The Hall–Kier alpha value is -4.51. The normalized spacial score (nSPS) is 14.1. The number of alkyl halides is 2. The van der Waals surface area contributed by atoms with Crippen LogP contribution in [0.2, 0.25) is 0 Å². The van der Waals surface area contributed by atoms with Crippen molar-refractivity contribution in [2.24, 2.45) is 7.05 Å². The first-order valence-electron chi connectivity index (χ1n) is 11.8. The third kappa shape index (κ3) is 4.54. The minimum absolute atomic E-state index is 0.0751. The van der Waals surface area contributed by atoms with Crippen molar-refractivity contribution < 1.29 is 31.1 Å². The maximum absolute atomic E-state index is 13.7. The van der Waals surface area contributed by atoms with Crippen LogP contribution >= 0.6 is 0 Å². The van der Waals surface area contributed by atoms with E-state index in [0.29, 0.717) is 34.0 Å². The minimum Gasteiger partial charge on any atom is -0.440 e. The number of ether oxygens (including phenoxy) is 2. The Morgan fingerprint density at radius 1 is 0.872 bits per heavy atom. The Kier molecular flexibility index (Phi) is 5.58. The van der Waals surface area contributed by atoms with E-state index in [9.17, 15) is 17.2 Å². The zero-order chi connectivity index (χ0) is 27.5. The number of aryl methyl sites for hydroxylation is 2. The van der Waals surface area contributed by atoms with Gasteiger partial charge in [0.2, 0.25) is 0 Å². The molecule has 11 heteroatoms.